The Morgan fingerprint density at radius 1 is 1.13 bits per heavy atom. The lowest BCUT2D eigenvalue weighted by atomic mass is 10.2. The Morgan fingerprint density at radius 2 is 1.77 bits per heavy atom. The highest BCUT2D eigenvalue weighted by atomic mass is 32.2. The summed E-state index contributed by atoms with van der Waals surface area (Å²) in [5.41, 5.74) is 1.32. The summed E-state index contributed by atoms with van der Waals surface area (Å²) in [6.07, 6.45) is 1.26. The van der Waals surface area contributed by atoms with Crippen LogP contribution >= 0.6 is 0 Å². The van der Waals surface area contributed by atoms with E-state index in [4.69, 9.17) is 9.88 Å². The average Bonchev–Trinajstić information content (AvgIpc) is 2.71. The summed E-state index contributed by atoms with van der Waals surface area (Å²) in [5, 5.41) is 19.6. The van der Waals surface area contributed by atoms with Crippen molar-refractivity contribution in [2.75, 3.05) is 11.9 Å². The molecular formula is C20H20N4O5S. The summed E-state index contributed by atoms with van der Waals surface area (Å²) in [6.45, 7) is 2.23. The number of carbonyl (C=O) groups excluding carboxylic acids is 2. The van der Waals surface area contributed by atoms with Crippen LogP contribution in [0.2, 0.25) is 0 Å². The van der Waals surface area contributed by atoms with Crippen LogP contribution in [0, 0.1) is 11.3 Å². The van der Waals surface area contributed by atoms with Gasteiger partial charge in [0, 0.05) is 18.4 Å². The number of carbonyl (C=O) groups is 2. The summed E-state index contributed by atoms with van der Waals surface area (Å²) in [6, 6.07) is 13.7. The van der Waals surface area contributed by atoms with E-state index in [-0.39, 0.29) is 23.6 Å². The highest BCUT2D eigenvalue weighted by molar-refractivity contribution is 7.89. The molecule has 0 aliphatic rings. The molecule has 10 heteroatoms. The van der Waals surface area contributed by atoms with Gasteiger partial charge in [-0.05, 0) is 48.9 Å². The Bertz CT molecular complexity index is 1090. The zero-order valence-electron chi connectivity index (χ0n) is 16.1. The van der Waals surface area contributed by atoms with Gasteiger partial charge in [-0.1, -0.05) is 12.1 Å². The van der Waals surface area contributed by atoms with Gasteiger partial charge in [0.1, 0.15) is 11.6 Å². The Hall–Kier alpha value is -3.68. The van der Waals surface area contributed by atoms with E-state index in [0.717, 1.165) is 5.56 Å². The lowest BCUT2D eigenvalue weighted by Gasteiger charge is -2.07. The molecule has 1 amide bonds. The number of hydrogen-bond donors (Lipinski definition) is 3. The predicted octanol–water partition coefficient (Wildman–Crippen LogP) is 1.65. The molecule has 4 N–H and O–H groups in total. The smallest absolute Gasteiger partial charge is 0.338 e. The molecule has 30 heavy (non-hydrogen) atoms. The second-order valence-corrected chi connectivity index (χ2v) is 7.55. The van der Waals surface area contributed by atoms with Crippen LogP contribution in [0.15, 0.2) is 65.2 Å². The van der Waals surface area contributed by atoms with Gasteiger partial charge in [0.2, 0.25) is 10.0 Å². The monoisotopic (exact) mass is 428 g/mol. The van der Waals surface area contributed by atoms with E-state index in [2.05, 4.69) is 10.6 Å². The van der Waals surface area contributed by atoms with Crippen molar-refractivity contribution in [1.82, 2.24) is 5.32 Å². The normalized spacial score (nSPS) is 11.3. The fourth-order valence-electron chi connectivity index (χ4n) is 2.32. The van der Waals surface area contributed by atoms with Crippen molar-refractivity contribution in [2.45, 2.75) is 18.4 Å². The van der Waals surface area contributed by atoms with Gasteiger partial charge in [-0.15, -0.1) is 0 Å². The molecule has 0 saturated heterocycles. The quantitative estimate of drug-likeness (QED) is 0.328. The zero-order chi connectivity index (χ0) is 22.1. The molecule has 156 valence electrons. The van der Waals surface area contributed by atoms with Crippen LogP contribution in [0.4, 0.5) is 5.69 Å². The molecule has 0 saturated carbocycles. The first kappa shape index (κ1) is 22.6. The van der Waals surface area contributed by atoms with Gasteiger partial charge >= 0.3 is 5.97 Å². The molecule has 2 aromatic carbocycles. The molecule has 0 unspecified atom stereocenters. The number of rotatable bonds is 8. The second-order valence-electron chi connectivity index (χ2n) is 5.99. The van der Waals surface area contributed by atoms with Gasteiger partial charge in [0.05, 0.1) is 17.1 Å². The maximum atomic E-state index is 12.2. The minimum atomic E-state index is -3.76. The van der Waals surface area contributed by atoms with E-state index in [1.807, 2.05) is 0 Å². The van der Waals surface area contributed by atoms with Gasteiger partial charge in [-0.25, -0.2) is 18.4 Å². The molecule has 0 aromatic heterocycles. The number of anilines is 1. The Morgan fingerprint density at radius 3 is 2.30 bits per heavy atom. The highest BCUT2D eigenvalue weighted by Gasteiger charge is 2.11. The molecule has 2 aromatic rings. The second kappa shape index (κ2) is 10.2. The molecule has 2 rings (SSSR count). The first-order chi connectivity index (χ1) is 14.2. The number of hydrogen-bond acceptors (Lipinski definition) is 7. The number of esters is 1. The summed E-state index contributed by atoms with van der Waals surface area (Å²) < 4.78 is 27.4. The fourth-order valence-corrected chi connectivity index (χ4v) is 2.83. The number of amides is 1. The lowest BCUT2D eigenvalue weighted by molar-refractivity contribution is -0.112. The Labute approximate surface area is 174 Å². The molecule has 9 nitrogen and oxygen atoms in total. The van der Waals surface area contributed by atoms with Gasteiger partial charge in [0.15, 0.2) is 0 Å². The Balaban J connectivity index is 1.96. The maximum Gasteiger partial charge on any atom is 0.338 e. The number of nitrogens with zero attached hydrogens (tertiary/aromatic N) is 1. The average molecular weight is 428 g/mol. The van der Waals surface area contributed by atoms with Crippen molar-refractivity contribution in [3.8, 4) is 6.07 Å². The van der Waals surface area contributed by atoms with E-state index < -0.39 is 21.9 Å². The van der Waals surface area contributed by atoms with Crippen molar-refractivity contribution in [1.29, 1.82) is 5.26 Å². The first-order valence-electron chi connectivity index (χ1n) is 8.78. The van der Waals surface area contributed by atoms with Crippen LogP contribution in [0.3, 0.4) is 0 Å². The number of nitrogens with two attached hydrogens (primary N) is 1. The van der Waals surface area contributed by atoms with Crippen LogP contribution < -0.4 is 15.8 Å². The fraction of sp³-hybridized carbons (Fsp3) is 0.150. The standard InChI is InChI=1S/C20H20N4O5S/c1-2-29-20(26)15-5-7-17(8-6-15)24-19(25)16(11-21)13-23-12-14-3-9-18(10-4-14)30(22,27)28/h3-10,13,23H,2,12H2,1H3,(H,24,25)(H2,22,27,28)/b16-13-. The summed E-state index contributed by atoms with van der Waals surface area (Å²) in [5.74, 6) is -1.09. The summed E-state index contributed by atoms with van der Waals surface area (Å²) in [7, 11) is -3.76. The minimum Gasteiger partial charge on any atom is -0.462 e. The van der Waals surface area contributed by atoms with Crippen molar-refractivity contribution < 1.29 is 22.7 Å². The number of nitrogens with one attached hydrogen (secondary N) is 2. The number of primary sulfonamides is 1. The molecule has 0 aliphatic carbocycles. The Kier molecular flexibility index (Phi) is 7.69. The molecule has 0 fully saturated rings. The van der Waals surface area contributed by atoms with Crippen LogP contribution in [0.5, 0.6) is 0 Å². The third kappa shape index (κ3) is 6.44. The maximum absolute atomic E-state index is 12.2. The molecule has 0 atom stereocenters. The largest absolute Gasteiger partial charge is 0.462 e. The van der Waals surface area contributed by atoms with Crippen LogP contribution in [0.1, 0.15) is 22.8 Å². The van der Waals surface area contributed by atoms with E-state index >= 15 is 0 Å². The van der Waals surface area contributed by atoms with Crippen LogP contribution in [-0.4, -0.2) is 26.9 Å². The predicted molar refractivity (Wildman–Crippen MR) is 109 cm³/mol. The van der Waals surface area contributed by atoms with Crippen molar-refractivity contribution >= 4 is 27.6 Å². The third-order valence-corrected chi connectivity index (χ3v) is 4.75. The van der Waals surface area contributed by atoms with E-state index in [1.165, 1.54) is 42.6 Å². The van der Waals surface area contributed by atoms with Crippen molar-refractivity contribution in [2.24, 2.45) is 5.14 Å². The van der Waals surface area contributed by atoms with Gasteiger partial charge < -0.3 is 15.4 Å². The van der Waals surface area contributed by atoms with E-state index in [1.54, 1.807) is 25.1 Å². The SMILES string of the molecule is CCOC(=O)c1ccc(NC(=O)/C(C#N)=C\NCc2ccc(S(N)(=O)=O)cc2)cc1. The van der Waals surface area contributed by atoms with Gasteiger partial charge in [-0.3, -0.25) is 4.79 Å². The number of ether oxygens (including phenoxy) is 1. The molecule has 0 heterocycles. The lowest BCUT2D eigenvalue weighted by Crippen LogP contribution is -2.17. The molecule has 0 radical (unpaired) electrons. The minimum absolute atomic E-state index is 0.00661. The number of sulfonamides is 1. The zero-order valence-corrected chi connectivity index (χ0v) is 16.9. The summed E-state index contributed by atoms with van der Waals surface area (Å²) in [4.78, 5) is 23.9. The topological polar surface area (TPSA) is 151 Å². The molecule has 0 bridgehead atoms. The van der Waals surface area contributed by atoms with Gasteiger partial charge in [0.25, 0.3) is 5.91 Å². The van der Waals surface area contributed by atoms with E-state index in [9.17, 15) is 23.3 Å². The summed E-state index contributed by atoms with van der Waals surface area (Å²) >= 11 is 0. The van der Waals surface area contributed by atoms with Gasteiger partial charge in [-0.2, -0.15) is 5.26 Å². The molecular weight excluding hydrogens is 408 g/mol. The van der Waals surface area contributed by atoms with Crippen molar-refractivity contribution in [3.05, 3.63) is 71.4 Å². The third-order valence-electron chi connectivity index (χ3n) is 3.82. The number of benzene rings is 2. The first-order valence-corrected chi connectivity index (χ1v) is 10.3. The highest BCUT2D eigenvalue weighted by Crippen LogP contribution is 2.12. The molecule has 0 aliphatic heterocycles. The van der Waals surface area contributed by atoms with Crippen molar-refractivity contribution in [3.63, 3.8) is 0 Å². The molecule has 0 spiro atoms. The number of nitriles is 1. The van der Waals surface area contributed by atoms with E-state index in [0.29, 0.717) is 11.3 Å². The van der Waals surface area contributed by atoms with Crippen LogP contribution in [-0.2, 0) is 26.1 Å². The van der Waals surface area contributed by atoms with Crippen LogP contribution in [0.25, 0.3) is 0 Å².